The molecule has 0 saturated heterocycles. The fraction of sp³-hybridized carbons (Fsp3) is 0.0588. The normalized spacial score (nSPS) is 12.7. The van der Waals surface area contributed by atoms with Crippen LogP contribution in [0.3, 0.4) is 0 Å². The molecule has 1 aromatic carbocycles. The van der Waals surface area contributed by atoms with Crippen molar-refractivity contribution in [3.05, 3.63) is 72.8 Å². The molecule has 3 nitrogen and oxygen atoms in total. The Labute approximate surface area is 127 Å². The van der Waals surface area contributed by atoms with Gasteiger partial charge in [0.05, 0.1) is 22.5 Å². The molecule has 0 amide bonds. The topological polar surface area (TPSA) is 29.0 Å². The highest BCUT2D eigenvalue weighted by molar-refractivity contribution is 7.99. The maximum absolute atomic E-state index is 4.29. The lowest BCUT2D eigenvalue weighted by molar-refractivity contribution is 0.924. The minimum Gasteiger partial charge on any atom is -0.334 e. The Morgan fingerprint density at radius 3 is 2.52 bits per heavy atom. The molecule has 1 aliphatic heterocycles. The Balaban J connectivity index is 1.82. The second kappa shape index (κ2) is 5.22. The van der Waals surface area contributed by atoms with Crippen LogP contribution in [0, 0.1) is 0 Å². The van der Waals surface area contributed by atoms with Gasteiger partial charge >= 0.3 is 0 Å². The SMILES string of the molecule is c1ccc(CN2c3ccncc3Sc3ccncc32)cc1. The van der Waals surface area contributed by atoms with Crippen LogP contribution < -0.4 is 4.90 Å². The van der Waals surface area contributed by atoms with Gasteiger partial charge in [-0.05, 0) is 17.7 Å². The third-order valence-corrected chi connectivity index (χ3v) is 4.61. The van der Waals surface area contributed by atoms with Crippen molar-refractivity contribution in [1.82, 2.24) is 9.97 Å². The van der Waals surface area contributed by atoms with E-state index in [1.54, 1.807) is 11.8 Å². The molecule has 0 atom stereocenters. The summed E-state index contributed by atoms with van der Waals surface area (Å²) in [5.74, 6) is 0. The summed E-state index contributed by atoms with van der Waals surface area (Å²) in [6, 6.07) is 14.6. The summed E-state index contributed by atoms with van der Waals surface area (Å²) in [4.78, 5) is 13.3. The fourth-order valence-electron chi connectivity index (χ4n) is 2.52. The first-order valence-electron chi connectivity index (χ1n) is 6.79. The lowest BCUT2D eigenvalue weighted by Crippen LogP contribution is -2.20. The largest absolute Gasteiger partial charge is 0.334 e. The van der Waals surface area contributed by atoms with Gasteiger partial charge in [0.1, 0.15) is 0 Å². The first-order valence-corrected chi connectivity index (χ1v) is 7.61. The summed E-state index contributed by atoms with van der Waals surface area (Å²) in [6.45, 7) is 0.830. The Kier molecular flexibility index (Phi) is 3.09. The molecule has 102 valence electrons. The number of hydrogen-bond donors (Lipinski definition) is 0. The van der Waals surface area contributed by atoms with Crippen LogP contribution in [0.1, 0.15) is 5.56 Å². The third-order valence-electron chi connectivity index (χ3n) is 3.51. The minimum atomic E-state index is 0.830. The van der Waals surface area contributed by atoms with Gasteiger partial charge in [-0.2, -0.15) is 0 Å². The smallest absolute Gasteiger partial charge is 0.0742 e. The highest BCUT2D eigenvalue weighted by atomic mass is 32.2. The highest BCUT2D eigenvalue weighted by Crippen LogP contribution is 2.47. The third kappa shape index (κ3) is 2.28. The van der Waals surface area contributed by atoms with Crippen molar-refractivity contribution in [2.75, 3.05) is 4.90 Å². The summed E-state index contributed by atoms with van der Waals surface area (Å²) < 4.78 is 0. The molecule has 0 N–H and O–H groups in total. The van der Waals surface area contributed by atoms with E-state index in [0.717, 1.165) is 12.2 Å². The molecule has 0 fully saturated rings. The van der Waals surface area contributed by atoms with Gasteiger partial charge in [-0.3, -0.25) is 9.97 Å². The average Bonchev–Trinajstić information content (AvgIpc) is 2.55. The summed E-state index contributed by atoms with van der Waals surface area (Å²) in [7, 11) is 0. The standard InChI is InChI=1S/C17H13N3S/c1-2-4-13(5-3-1)12-20-14-6-8-19-11-17(14)21-16-7-9-18-10-15(16)20/h1-11H,12H2. The molecular formula is C17H13N3S. The van der Waals surface area contributed by atoms with E-state index in [0.29, 0.717) is 0 Å². The van der Waals surface area contributed by atoms with E-state index in [2.05, 4.69) is 51.3 Å². The van der Waals surface area contributed by atoms with Gasteiger partial charge in [0, 0.05) is 30.0 Å². The van der Waals surface area contributed by atoms with E-state index in [1.165, 1.54) is 21.0 Å². The predicted octanol–water partition coefficient (Wildman–Crippen LogP) is 4.28. The predicted molar refractivity (Wildman–Crippen MR) is 84.9 cm³/mol. The monoisotopic (exact) mass is 291 g/mol. The Morgan fingerprint density at radius 1 is 0.810 bits per heavy atom. The van der Waals surface area contributed by atoms with Gasteiger partial charge in [-0.1, -0.05) is 42.1 Å². The molecule has 3 aromatic rings. The van der Waals surface area contributed by atoms with Crippen molar-refractivity contribution < 1.29 is 0 Å². The number of nitrogens with zero attached hydrogens (tertiary/aromatic N) is 3. The van der Waals surface area contributed by atoms with Crippen LogP contribution >= 0.6 is 11.8 Å². The lowest BCUT2D eigenvalue weighted by Gasteiger charge is -2.32. The molecule has 0 spiro atoms. The number of anilines is 2. The molecular weight excluding hydrogens is 278 g/mol. The molecule has 4 rings (SSSR count). The van der Waals surface area contributed by atoms with Crippen LogP contribution in [0.4, 0.5) is 11.4 Å². The molecule has 1 aliphatic rings. The van der Waals surface area contributed by atoms with E-state index < -0.39 is 0 Å². The van der Waals surface area contributed by atoms with E-state index in [1.807, 2.05) is 30.9 Å². The molecule has 0 saturated carbocycles. The maximum Gasteiger partial charge on any atom is 0.0742 e. The van der Waals surface area contributed by atoms with Crippen molar-refractivity contribution in [2.45, 2.75) is 16.3 Å². The van der Waals surface area contributed by atoms with E-state index in [-0.39, 0.29) is 0 Å². The zero-order chi connectivity index (χ0) is 14.1. The van der Waals surface area contributed by atoms with Gasteiger partial charge < -0.3 is 4.90 Å². The second-order valence-electron chi connectivity index (χ2n) is 4.86. The van der Waals surface area contributed by atoms with Crippen molar-refractivity contribution in [2.24, 2.45) is 0 Å². The van der Waals surface area contributed by atoms with Crippen LogP contribution in [0.5, 0.6) is 0 Å². The summed E-state index contributed by atoms with van der Waals surface area (Å²) >= 11 is 1.75. The Morgan fingerprint density at radius 2 is 1.62 bits per heavy atom. The summed E-state index contributed by atoms with van der Waals surface area (Å²) in [5.41, 5.74) is 3.63. The number of rotatable bonds is 2. The molecule has 3 heterocycles. The number of aromatic nitrogens is 2. The highest BCUT2D eigenvalue weighted by Gasteiger charge is 2.23. The maximum atomic E-state index is 4.29. The molecule has 0 aliphatic carbocycles. The van der Waals surface area contributed by atoms with Gasteiger partial charge in [0.25, 0.3) is 0 Å². The van der Waals surface area contributed by atoms with E-state index in [4.69, 9.17) is 0 Å². The van der Waals surface area contributed by atoms with Crippen LogP contribution in [0.2, 0.25) is 0 Å². The molecule has 2 aromatic heterocycles. The van der Waals surface area contributed by atoms with Crippen LogP contribution in [0.15, 0.2) is 77.0 Å². The summed E-state index contributed by atoms with van der Waals surface area (Å²) in [5, 5.41) is 0. The van der Waals surface area contributed by atoms with E-state index >= 15 is 0 Å². The van der Waals surface area contributed by atoms with Crippen LogP contribution in [-0.2, 0) is 6.54 Å². The van der Waals surface area contributed by atoms with Crippen molar-refractivity contribution in [1.29, 1.82) is 0 Å². The van der Waals surface area contributed by atoms with E-state index in [9.17, 15) is 0 Å². The van der Waals surface area contributed by atoms with Crippen molar-refractivity contribution in [3.8, 4) is 0 Å². The molecule has 4 heteroatoms. The molecule has 21 heavy (non-hydrogen) atoms. The number of pyridine rings is 2. The van der Waals surface area contributed by atoms with Crippen molar-refractivity contribution in [3.63, 3.8) is 0 Å². The number of benzene rings is 1. The molecule has 0 bridgehead atoms. The van der Waals surface area contributed by atoms with Crippen LogP contribution in [0.25, 0.3) is 0 Å². The van der Waals surface area contributed by atoms with Crippen molar-refractivity contribution >= 4 is 23.1 Å². The van der Waals surface area contributed by atoms with Gasteiger partial charge in [0.15, 0.2) is 0 Å². The fourth-order valence-corrected chi connectivity index (χ4v) is 3.55. The number of hydrogen-bond acceptors (Lipinski definition) is 4. The minimum absolute atomic E-state index is 0.830. The summed E-state index contributed by atoms with van der Waals surface area (Å²) in [6.07, 6.45) is 7.56. The second-order valence-corrected chi connectivity index (χ2v) is 5.94. The Bertz CT molecular complexity index is 728. The molecule has 0 radical (unpaired) electrons. The number of fused-ring (bicyclic) bond motifs is 2. The first-order chi connectivity index (χ1) is 10.4. The zero-order valence-electron chi connectivity index (χ0n) is 11.3. The molecule has 0 unspecified atom stereocenters. The lowest BCUT2D eigenvalue weighted by atomic mass is 10.2. The first kappa shape index (κ1) is 12.4. The van der Waals surface area contributed by atoms with Gasteiger partial charge in [-0.15, -0.1) is 0 Å². The van der Waals surface area contributed by atoms with Gasteiger partial charge in [0.2, 0.25) is 0 Å². The van der Waals surface area contributed by atoms with Gasteiger partial charge in [-0.25, -0.2) is 0 Å². The quantitative estimate of drug-likeness (QED) is 0.704. The van der Waals surface area contributed by atoms with Crippen LogP contribution in [-0.4, -0.2) is 9.97 Å². The zero-order valence-corrected chi connectivity index (χ0v) is 12.1. The average molecular weight is 291 g/mol. The Hall–Kier alpha value is -2.33.